The maximum Gasteiger partial charge on any atom is 0.253 e. The SMILES string of the molecule is CN=C(NCc1ccc(C(=O)N(C)C)cc1)N(C)Cc1csc(C)n1.I. The van der Waals surface area contributed by atoms with E-state index in [1.807, 2.05) is 43.1 Å². The van der Waals surface area contributed by atoms with Crippen LogP contribution in [0.5, 0.6) is 0 Å². The van der Waals surface area contributed by atoms with Crippen molar-refractivity contribution in [2.24, 2.45) is 4.99 Å². The Bertz CT molecular complexity index is 742. The molecule has 1 heterocycles. The third-order valence-corrected chi connectivity index (χ3v) is 4.52. The van der Waals surface area contributed by atoms with E-state index < -0.39 is 0 Å². The molecule has 0 spiro atoms. The highest BCUT2D eigenvalue weighted by Crippen LogP contribution is 2.10. The molecule has 1 aromatic carbocycles. The summed E-state index contributed by atoms with van der Waals surface area (Å²) in [4.78, 5) is 24.3. The first kappa shape index (κ1) is 22.4. The Labute approximate surface area is 176 Å². The minimum Gasteiger partial charge on any atom is -0.352 e. The number of aromatic nitrogens is 1. The first-order valence-electron chi connectivity index (χ1n) is 8.04. The molecular formula is C18H26IN5OS. The third kappa shape index (κ3) is 6.24. The number of nitrogens with zero attached hydrogens (tertiary/aromatic N) is 4. The number of halogens is 1. The van der Waals surface area contributed by atoms with Crippen LogP contribution < -0.4 is 5.32 Å². The first-order chi connectivity index (χ1) is 11.9. The van der Waals surface area contributed by atoms with Gasteiger partial charge < -0.3 is 15.1 Å². The smallest absolute Gasteiger partial charge is 0.253 e. The van der Waals surface area contributed by atoms with Crippen molar-refractivity contribution in [2.45, 2.75) is 20.0 Å². The molecule has 0 saturated heterocycles. The maximum absolute atomic E-state index is 11.9. The Morgan fingerprint density at radius 1 is 1.23 bits per heavy atom. The Morgan fingerprint density at radius 2 is 1.88 bits per heavy atom. The van der Waals surface area contributed by atoms with E-state index >= 15 is 0 Å². The van der Waals surface area contributed by atoms with Crippen LogP contribution >= 0.6 is 35.3 Å². The molecule has 0 aliphatic carbocycles. The lowest BCUT2D eigenvalue weighted by Crippen LogP contribution is -2.38. The molecule has 0 unspecified atom stereocenters. The van der Waals surface area contributed by atoms with Gasteiger partial charge in [-0.1, -0.05) is 12.1 Å². The fourth-order valence-corrected chi connectivity index (χ4v) is 2.99. The van der Waals surface area contributed by atoms with E-state index in [-0.39, 0.29) is 29.9 Å². The number of guanidine groups is 1. The number of nitrogens with one attached hydrogen (secondary N) is 1. The zero-order valence-electron chi connectivity index (χ0n) is 15.8. The molecule has 2 rings (SSSR count). The van der Waals surface area contributed by atoms with Crippen molar-refractivity contribution in [3.63, 3.8) is 0 Å². The van der Waals surface area contributed by atoms with Crippen LogP contribution in [0, 0.1) is 6.92 Å². The van der Waals surface area contributed by atoms with Gasteiger partial charge in [0.25, 0.3) is 5.91 Å². The molecule has 8 heteroatoms. The summed E-state index contributed by atoms with van der Waals surface area (Å²) in [7, 11) is 7.26. The van der Waals surface area contributed by atoms with E-state index in [4.69, 9.17) is 0 Å². The molecule has 0 saturated carbocycles. The summed E-state index contributed by atoms with van der Waals surface area (Å²) in [6.07, 6.45) is 0. The summed E-state index contributed by atoms with van der Waals surface area (Å²) in [6, 6.07) is 7.62. The highest BCUT2D eigenvalue weighted by Gasteiger charge is 2.10. The normalized spacial score (nSPS) is 10.9. The summed E-state index contributed by atoms with van der Waals surface area (Å²) >= 11 is 1.65. The van der Waals surface area contributed by atoms with Gasteiger partial charge in [0.05, 0.1) is 17.2 Å². The molecule has 6 nitrogen and oxygen atoms in total. The Morgan fingerprint density at radius 3 is 2.38 bits per heavy atom. The number of rotatable bonds is 5. The lowest BCUT2D eigenvalue weighted by Gasteiger charge is -2.21. The molecule has 0 aliphatic heterocycles. The molecule has 0 atom stereocenters. The highest BCUT2D eigenvalue weighted by molar-refractivity contribution is 14.0. The minimum atomic E-state index is 0. The van der Waals surface area contributed by atoms with E-state index in [2.05, 4.69) is 20.7 Å². The number of carbonyl (C=O) groups is 1. The lowest BCUT2D eigenvalue weighted by atomic mass is 10.1. The predicted octanol–water partition coefficient (Wildman–Crippen LogP) is 2.98. The van der Waals surface area contributed by atoms with Crippen LogP contribution in [-0.2, 0) is 13.1 Å². The number of carbonyl (C=O) groups excluding carboxylic acids is 1. The molecule has 0 aliphatic rings. The zero-order chi connectivity index (χ0) is 18.4. The van der Waals surface area contributed by atoms with Gasteiger partial charge in [-0.15, -0.1) is 35.3 Å². The van der Waals surface area contributed by atoms with Gasteiger partial charge in [-0.05, 0) is 24.6 Å². The predicted molar refractivity (Wildman–Crippen MR) is 118 cm³/mol. The fourth-order valence-electron chi connectivity index (χ4n) is 2.39. The van der Waals surface area contributed by atoms with E-state index in [1.54, 1.807) is 37.4 Å². The van der Waals surface area contributed by atoms with Crippen molar-refractivity contribution in [3.05, 3.63) is 51.5 Å². The van der Waals surface area contributed by atoms with Crippen LogP contribution in [-0.4, -0.2) is 54.8 Å². The number of amides is 1. The van der Waals surface area contributed by atoms with Crippen LogP contribution in [0.4, 0.5) is 0 Å². The van der Waals surface area contributed by atoms with Crippen molar-refractivity contribution >= 4 is 47.2 Å². The third-order valence-electron chi connectivity index (χ3n) is 3.70. The summed E-state index contributed by atoms with van der Waals surface area (Å²) in [5, 5.41) is 6.48. The number of thiazole rings is 1. The van der Waals surface area contributed by atoms with Crippen LogP contribution in [0.3, 0.4) is 0 Å². The monoisotopic (exact) mass is 487 g/mol. The van der Waals surface area contributed by atoms with E-state index in [0.29, 0.717) is 18.7 Å². The van der Waals surface area contributed by atoms with Gasteiger partial charge in [0.1, 0.15) is 0 Å². The number of benzene rings is 1. The summed E-state index contributed by atoms with van der Waals surface area (Å²) in [5.74, 6) is 0.813. The Balaban J connectivity index is 0.00000338. The molecule has 26 heavy (non-hydrogen) atoms. The highest BCUT2D eigenvalue weighted by atomic mass is 127. The molecule has 1 N–H and O–H groups in total. The molecule has 0 bridgehead atoms. The molecule has 1 amide bonds. The molecule has 0 radical (unpaired) electrons. The summed E-state index contributed by atoms with van der Waals surface area (Å²) < 4.78 is 0. The Kier molecular flexibility index (Phi) is 9.00. The van der Waals surface area contributed by atoms with Crippen LogP contribution in [0.1, 0.15) is 26.6 Å². The van der Waals surface area contributed by atoms with Gasteiger partial charge in [0, 0.05) is 45.7 Å². The van der Waals surface area contributed by atoms with Gasteiger partial charge in [0.15, 0.2) is 5.96 Å². The van der Waals surface area contributed by atoms with E-state index in [1.165, 1.54) is 0 Å². The van der Waals surface area contributed by atoms with Gasteiger partial charge in [0.2, 0.25) is 0 Å². The standard InChI is InChI=1S/C18H25N5OS.HI/c1-13-21-16(12-25-13)11-23(5)18(19-2)20-10-14-6-8-15(9-7-14)17(24)22(3)4;/h6-9,12H,10-11H2,1-5H3,(H,19,20);1H. The van der Waals surface area contributed by atoms with E-state index in [9.17, 15) is 4.79 Å². The molecule has 142 valence electrons. The second kappa shape index (κ2) is 10.5. The van der Waals surface area contributed by atoms with Crippen molar-refractivity contribution in [1.29, 1.82) is 0 Å². The first-order valence-corrected chi connectivity index (χ1v) is 8.92. The maximum atomic E-state index is 11.9. The zero-order valence-corrected chi connectivity index (χ0v) is 19.0. The Hall–Kier alpha value is -1.68. The number of hydrogen-bond donors (Lipinski definition) is 1. The summed E-state index contributed by atoms with van der Waals surface area (Å²) in [6.45, 7) is 3.36. The molecule has 0 fully saturated rings. The van der Waals surface area contributed by atoms with Crippen molar-refractivity contribution < 1.29 is 4.79 Å². The second-order valence-corrected chi connectivity index (χ2v) is 7.07. The second-order valence-electron chi connectivity index (χ2n) is 6.01. The van der Waals surface area contributed by atoms with Crippen LogP contribution in [0.15, 0.2) is 34.6 Å². The average molecular weight is 487 g/mol. The number of hydrogen-bond acceptors (Lipinski definition) is 4. The van der Waals surface area contributed by atoms with Gasteiger partial charge in [-0.2, -0.15) is 0 Å². The van der Waals surface area contributed by atoms with Crippen molar-refractivity contribution in [3.8, 4) is 0 Å². The fraction of sp³-hybridized carbons (Fsp3) is 0.389. The molecular weight excluding hydrogens is 461 g/mol. The minimum absolute atomic E-state index is 0. The van der Waals surface area contributed by atoms with Crippen molar-refractivity contribution in [2.75, 3.05) is 28.2 Å². The quantitative estimate of drug-likeness (QED) is 0.400. The lowest BCUT2D eigenvalue weighted by molar-refractivity contribution is 0.0827. The van der Waals surface area contributed by atoms with Crippen molar-refractivity contribution in [1.82, 2.24) is 20.1 Å². The van der Waals surface area contributed by atoms with E-state index in [0.717, 1.165) is 22.2 Å². The van der Waals surface area contributed by atoms with Crippen LogP contribution in [0.25, 0.3) is 0 Å². The number of aryl methyl sites for hydroxylation is 1. The topological polar surface area (TPSA) is 60.8 Å². The van der Waals surface area contributed by atoms with Crippen LogP contribution in [0.2, 0.25) is 0 Å². The summed E-state index contributed by atoms with van der Waals surface area (Å²) in [5.41, 5.74) is 2.82. The largest absolute Gasteiger partial charge is 0.352 e. The average Bonchev–Trinajstić information content (AvgIpc) is 3.00. The van der Waals surface area contributed by atoms with Gasteiger partial charge in [-0.3, -0.25) is 9.79 Å². The molecule has 2 aromatic rings. The van der Waals surface area contributed by atoms with Gasteiger partial charge >= 0.3 is 0 Å². The molecule has 1 aromatic heterocycles. The van der Waals surface area contributed by atoms with Gasteiger partial charge in [-0.25, -0.2) is 4.98 Å². The number of aliphatic imine (C=N–C) groups is 1.